The van der Waals surface area contributed by atoms with Gasteiger partial charge in [-0.3, -0.25) is 9.10 Å². The van der Waals surface area contributed by atoms with E-state index < -0.39 is 22.5 Å². The van der Waals surface area contributed by atoms with E-state index >= 15 is 0 Å². The minimum atomic E-state index is -4.06. The zero-order chi connectivity index (χ0) is 24.7. The van der Waals surface area contributed by atoms with Gasteiger partial charge >= 0.3 is 0 Å². The van der Waals surface area contributed by atoms with Gasteiger partial charge in [-0.1, -0.05) is 29.8 Å². The van der Waals surface area contributed by atoms with Crippen LogP contribution in [0.2, 0.25) is 0 Å². The second-order valence-electron chi connectivity index (χ2n) is 7.49. The van der Waals surface area contributed by atoms with E-state index in [1.165, 1.54) is 36.4 Å². The molecule has 0 fully saturated rings. The van der Waals surface area contributed by atoms with Gasteiger partial charge in [0.25, 0.3) is 15.9 Å². The minimum Gasteiger partial charge on any atom is -0.494 e. The van der Waals surface area contributed by atoms with E-state index in [9.17, 15) is 17.6 Å². The molecule has 0 heterocycles. The van der Waals surface area contributed by atoms with Crippen LogP contribution in [0.3, 0.4) is 0 Å². The fourth-order valence-corrected chi connectivity index (χ4v) is 4.52. The van der Waals surface area contributed by atoms with Crippen molar-refractivity contribution in [1.82, 2.24) is 5.43 Å². The Bertz CT molecular complexity index is 1260. The highest BCUT2D eigenvalue weighted by molar-refractivity contribution is 7.92. The molecule has 1 amide bonds. The van der Waals surface area contributed by atoms with Crippen LogP contribution >= 0.6 is 0 Å². The topological polar surface area (TPSA) is 88.1 Å². The Morgan fingerprint density at radius 3 is 2.21 bits per heavy atom. The predicted molar refractivity (Wildman–Crippen MR) is 130 cm³/mol. The molecule has 178 valence electrons. The lowest BCUT2D eigenvalue weighted by Crippen LogP contribution is -2.39. The molecule has 3 rings (SSSR count). The van der Waals surface area contributed by atoms with Crippen LogP contribution in [0.15, 0.2) is 82.8 Å². The standard InChI is InChI=1S/C25H26FN3O4S/c1-4-33-23-13-15-24(16-14-23)34(31,32)29(22-11-5-18(2)6-12-22)17-25(30)28-27-19(3)20-7-9-21(26)10-8-20/h5-16H,4,17H2,1-3H3,(H,28,30)/b27-19-. The lowest BCUT2D eigenvalue weighted by atomic mass is 10.1. The number of nitrogens with zero attached hydrogens (tertiary/aromatic N) is 2. The van der Waals surface area contributed by atoms with Crippen molar-refractivity contribution in [3.05, 3.63) is 89.7 Å². The van der Waals surface area contributed by atoms with Crippen molar-refractivity contribution in [2.24, 2.45) is 5.10 Å². The number of hydrogen-bond acceptors (Lipinski definition) is 5. The first-order chi connectivity index (χ1) is 16.2. The highest BCUT2D eigenvalue weighted by Gasteiger charge is 2.27. The van der Waals surface area contributed by atoms with Crippen molar-refractivity contribution < 1.29 is 22.3 Å². The van der Waals surface area contributed by atoms with E-state index in [2.05, 4.69) is 10.5 Å². The third-order valence-corrected chi connectivity index (χ3v) is 6.73. The van der Waals surface area contributed by atoms with Crippen LogP contribution in [-0.2, 0) is 14.8 Å². The molecule has 0 saturated heterocycles. The minimum absolute atomic E-state index is 0.0234. The van der Waals surface area contributed by atoms with Crippen LogP contribution in [0.5, 0.6) is 5.75 Å². The van der Waals surface area contributed by atoms with E-state index in [0.717, 1.165) is 9.87 Å². The van der Waals surface area contributed by atoms with E-state index in [4.69, 9.17) is 4.74 Å². The quantitative estimate of drug-likeness (QED) is 0.364. The average molecular weight is 484 g/mol. The Morgan fingerprint density at radius 1 is 1.00 bits per heavy atom. The molecule has 1 N–H and O–H groups in total. The van der Waals surface area contributed by atoms with E-state index in [-0.39, 0.29) is 10.7 Å². The summed E-state index contributed by atoms with van der Waals surface area (Å²) in [5, 5.41) is 4.03. The maximum Gasteiger partial charge on any atom is 0.264 e. The van der Waals surface area contributed by atoms with Gasteiger partial charge < -0.3 is 4.74 Å². The van der Waals surface area contributed by atoms with Gasteiger partial charge in [0.1, 0.15) is 18.1 Å². The molecule has 0 aromatic heterocycles. The molecule has 34 heavy (non-hydrogen) atoms. The fourth-order valence-electron chi connectivity index (χ4n) is 3.10. The van der Waals surface area contributed by atoms with Gasteiger partial charge in [0, 0.05) is 0 Å². The average Bonchev–Trinajstić information content (AvgIpc) is 2.82. The molecular weight excluding hydrogens is 457 g/mol. The Morgan fingerprint density at radius 2 is 1.62 bits per heavy atom. The van der Waals surface area contributed by atoms with Crippen molar-refractivity contribution in [2.75, 3.05) is 17.5 Å². The Balaban J connectivity index is 1.85. The highest BCUT2D eigenvalue weighted by Crippen LogP contribution is 2.25. The fraction of sp³-hybridized carbons (Fsp3) is 0.200. The summed E-state index contributed by atoms with van der Waals surface area (Å²) in [6.07, 6.45) is 0. The summed E-state index contributed by atoms with van der Waals surface area (Å²) in [6.45, 7) is 5.34. The smallest absolute Gasteiger partial charge is 0.264 e. The van der Waals surface area contributed by atoms with Crippen LogP contribution in [0.4, 0.5) is 10.1 Å². The van der Waals surface area contributed by atoms with Crippen molar-refractivity contribution in [1.29, 1.82) is 0 Å². The molecule has 0 aliphatic heterocycles. The number of anilines is 1. The number of sulfonamides is 1. The first kappa shape index (κ1) is 24.9. The maximum atomic E-state index is 13.4. The highest BCUT2D eigenvalue weighted by atomic mass is 32.2. The molecule has 3 aromatic rings. The van der Waals surface area contributed by atoms with Gasteiger partial charge in [0.15, 0.2) is 0 Å². The molecule has 0 radical (unpaired) electrons. The van der Waals surface area contributed by atoms with Gasteiger partial charge in [-0.15, -0.1) is 0 Å². The number of hydrogen-bond donors (Lipinski definition) is 1. The number of carbonyl (C=O) groups is 1. The summed E-state index contributed by atoms with van der Waals surface area (Å²) in [4.78, 5) is 12.7. The molecule has 0 aliphatic carbocycles. The summed E-state index contributed by atoms with van der Waals surface area (Å²) < 4.78 is 46.4. The molecule has 0 bridgehead atoms. The molecular formula is C25H26FN3O4S. The maximum absolute atomic E-state index is 13.4. The van der Waals surface area contributed by atoms with Crippen molar-refractivity contribution in [2.45, 2.75) is 25.7 Å². The predicted octanol–water partition coefficient (Wildman–Crippen LogP) is 4.27. The van der Waals surface area contributed by atoms with Crippen molar-refractivity contribution in [3.63, 3.8) is 0 Å². The van der Waals surface area contributed by atoms with Crippen LogP contribution < -0.4 is 14.5 Å². The summed E-state index contributed by atoms with van der Waals surface area (Å²) in [5.41, 5.74) is 4.75. The SMILES string of the molecule is CCOc1ccc(S(=O)(=O)N(CC(=O)N/N=C(/C)c2ccc(F)cc2)c2ccc(C)cc2)cc1. The number of amides is 1. The third-order valence-electron chi connectivity index (χ3n) is 4.94. The molecule has 0 atom stereocenters. The monoisotopic (exact) mass is 483 g/mol. The van der Waals surface area contributed by atoms with Crippen LogP contribution in [0.1, 0.15) is 25.0 Å². The normalized spacial score (nSPS) is 11.7. The van der Waals surface area contributed by atoms with Gasteiger partial charge in [-0.25, -0.2) is 18.2 Å². The Hall–Kier alpha value is -3.72. The van der Waals surface area contributed by atoms with E-state index in [0.29, 0.717) is 29.3 Å². The zero-order valence-electron chi connectivity index (χ0n) is 19.2. The first-order valence-electron chi connectivity index (χ1n) is 10.6. The van der Waals surface area contributed by atoms with E-state index in [1.54, 1.807) is 43.3 Å². The second-order valence-corrected chi connectivity index (χ2v) is 9.35. The number of hydrazone groups is 1. The van der Waals surface area contributed by atoms with Gasteiger partial charge in [-0.05, 0) is 74.9 Å². The summed E-state index contributed by atoms with van der Waals surface area (Å²) >= 11 is 0. The largest absolute Gasteiger partial charge is 0.494 e. The number of ether oxygens (including phenoxy) is 1. The lowest BCUT2D eigenvalue weighted by molar-refractivity contribution is -0.119. The number of nitrogens with one attached hydrogen (secondary N) is 1. The second kappa shape index (κ2) is 10.9. The van der Waals surface area contributed by atoms with Gasteiger partial charge in [-0.2, -0.15) is 5.10 Å². The number of benzene rings is 3. The summed E-state index contributed by atoms with van der Waals surface area (Å²) in [7, 11) is -4.06. The number of rotatable bonds is 9. The van der Waals surface area contributed by atoms with E-state index in [1.807, 2.05) is 13.8 Å². The lowest BCUT2D eigenvalue weighted by Gasteiger charge is -2.24. The Labute approximate surface area is 198 Å². The van der Waals surface area contributed by atoms with Gasteiger partial charge in [0.2, 0.25) is 0 Å². The summed E-state index contributed by atoms with van der Waals surface area (Å²) in [5.74, 6) is -0.461. The molecule has 0 spiro atoms. The third kappa shape index (κ3) is 6.20. The van der Waals surface area contributed by atoms with Crippen molar-refractivity contribution in [3.8, 4) is 5.75 Å². The van der Waals surface area contributed by atoms with Crippen molar-refractivity contribution >= 4 is 27.3 Å². The number of carbonyl (C=O) groups excluding carboxylic acids is 1. The van der Waals surface area contributed by atoms with Gasteiger partial charge in [0.05, 0.1) is 22.9 Å². The zero-order valence-corrected chi connectivity index (χ0v) is 20.0. The van der Waals surface area contributed by atoms with Crippen LogP contribution in [-0.4, -0.2) is 33.2 Å². The molecule has 0 unspecified atom stereocenters. The van der Waals surface area contributed by atoms with Crippen LogP contribution in [0, 0.1) is 12.7 Å². The molecule has 3 aromatic carbocycles. The summed E-state index contributed by atoms with van der Waals surface area (Å²) in [6, 6.07) is 18.5. The molecule has 0 aliphatic rings. The van der Waals surface area contributed by atoms with Crippen LogP contribution in [0.25, 0.3) is 0 Å². The molecule has 0 saturated carbocycles. The Kier molecular flexibility index (Phi) is 8.01. The number of halogens is 1. The number of aryl methyl sites for hydroxylation is 1. The molecule has 7 nitrogen and oxygen atoms in total. The molecule has 9 heteroatoms. The first-order valence-corrected chi connectivity index (χ1v) is 12.1.